The fourth-order valence-corrected chi connectivity index (χ4v) is 4.41. The first kappa shape index (κ1) is 20.1. The fourth-order valence-electron chi connectivity index (χ4n) is 4.41. The van der Waals surface area contributed by atoms with Crippen LogP contribution >= 0.6 is 0 Å². The molecule has 0 aromatic heterocycles. The fraction of sp³-hybridized carbons (Fsp3) is 0.375. The first-order valence-corrected chi connectivity index (χ1v) is 10.5. The monoisotopic (exact) mass is 405 g/mol. The Morgan fingerprint density at radius 3 is 2.50 bits per heavy atom. The third kappa shape index (κ3) is 4.22. The third-order valence-corrected chi connectivity index (χ3v) is 6.06. The third-order valence-electron chi connectivity index (χ3n) is 6.06. The van der Waals surface area contributed by atoms with Crippen molar-refractivity contribution < 1.29 is 14.4 Å². The molecule has 0 saturated carbocycles. The molecule has 30 heavy (non-hydrogen) atoms. The lowest BCUT2D eigenvalue weighted by Gasteiger charge is -2.26. The largest absolute Gasteiger partial charge is 0.354 e. The molecule has 0 bridgehead atoms. The second kappa shape index (κ2) is 8.69. The highest BCUT2D eigenvalue weighted by Gasteiger charge is 2.37. The molecule has 2 heterocycles. The maximum absolute atomic E-state index is 13.0. The highest BCUT2D eigenvalue weighted by Crippen LogP contribution is 2.27. The van der Waals surface area contributed by atoms with Gasteiger partial charge in [0.15, 0.2) is 0 Å². The van der Waals surface area contributed by atoms with Crippen LogP contribution in [0.4, 0.5) is 0 Å². The molecule has 0 spiro atoms. The lowest BCUT2D eigenvalue weighted by molar-refractivity contribution is -0.136. The van der Waals surface area contributed by atoms with E-state index in [4.69, 9.17) is 0 Å². The van der Waals surface area contributed by atoms with Gasteiger partial charge >= 0.3 is 0 Å². The van der Waals surface area contributed by atoms with Gasteiger partial charge in [0.25, 0.3) is 0 Å². The lowest BCUT2D eigenvalue weighted by Crippen LogP contribution is -2.41. The topological polar surface area (TPSA) is 69.7 Å². The van der Waals surface area contributed by atoms with Gasteiger partial charge in [-0.05, 0) is 23.1 Å². The van der Waals surface area contributed by atoms with Crippen LogP contribution in [0.5, 0.6) is 0 Å². The summed E-state index contributed by atoms with van der Waals surface area (Å²) in [5, 5.41) is 2.96. The van der Waals surface area contributed by atoms with Gasteiger partial charge < -0.3 is 15.1 Å². The van der Waals surface area contributed by atoms with Crippen LogP contribution < -0.4 is 5.32 Å². The van der Waals surface area contributed by atoms with Gasteiger partial charge in [0.05, 0.1) is 11.8 Å². The molecule has 0 unspecified atom stereocenters. The molecule has 2 saturated heterocycles. The van der Waals surface area contributed by atoms with E-state index < -0.39 is 0 Å². The standard InChI is InChI=1S/C24H27N3O3/c1-26-15-20(14-22(26)28)24(30)27-12-11-25-23(29)19(16-27)13-18-9-5-6-10-21(18)17-7-3-2-4-8-17/h2-10,19-20H,11-16H2,1H3,(H,25,29)/t19-,20-/m0/s1. The molecule has 2 aromatic carbocycles. The van der Waals surface area contributed by atoms with Crippen molar-refractivity contribution in [1.29, 1.82) is 0 Å². The number of amides is 3. The highest BCUT2D eigenvalue weighted by atomic mass is 16.2. The molecule has 2 fully saturated rings. The van der Waals surface area contributed by atoms with Crippen LogP contribution in [-0.4, -0.2) is 60.7 Å². The summed E-state index contributed by atoms with van der Waals surface area (Å²) in [6, 6.07) is 18.2. The molecule has 3 amide bonds. The molecule has 1 N–H and O–H groups in total. The Morgan fingerprint density at radius 1 is 1.03 bits per heavy atom. The number of carbonyl (C=O) groups excluding carboxylic acids is 3. The Balaban J connectivity index is 1.53. The maximum Gasteiger partial charge on any atom is 0.228 e. The minimum atomic E-state index is -0.323. The molecular weight excluding hydrogens is 378 g/mol. The number of benzene rings is 2. The predicted octanol–water partition coefficient (Wildman–Crippen LogP) is 1.95. The molecule has 2 atom stereocenters. The van der Waals surface area contributed by atoms with E-state index in [1.54, 1.807) is 16.8 Å². The number of likely N-dealkylation sites (tertiary alicyclic amines) is 1. The van der Waals surface area contributed by atoms with Gasteiger partial charge in [-0.15, -0.1) is 0 Å². The van der Waals surface area contributed by atoms with Crippen LogP contribution in [0.3, 0.4) is 0 Å². The van der Waals surface area contributed by atoms with E-state index in [-0.39, 0.29) is 36.0 Å². The van der Waals surface area contributed by atoms with Gasteiger partial charge in [-0.25, -0.2) is 0 Å². The van der Waals surface area contributed by atoms with Crippen molar-refractivity contribution in [2.24, 2.45) is 11.8 Å². The van der Waals surface area contributed by atoms with E-state index in [9.17, 15) is 14.4 Å². The van der Waals surface area contributed by atoms with Crippen LogP contribution in [0.25, 0.3) is 11.1 Å². The summed E-state index contributed by atoms with van der Waals surface area (Å²) in [6.07, 6.45) is 0.818. The molecule has 6 heteroatoms. The van der Waals surface area contributed by atoms with E-state index >= 15 is 0 Å². The quantitative estimate of drug-likeness (QED) is 0.845. The van der Waals surface area contributed by atoms with Crippen molar-refractivity contribution in [2.45, 2.75) is 12.8 Å². The SMILES string of the molecule is CN1C[C@@H](C(=O)N2CCNC(=O)[C@@H](Cc3ccccc3-c3ccccc3)C2)CC1=O. The summed E-state index contributed by atoms with van der Waals surface area (Å²) in [6.45, 7) is 1.76. The summed E-state index contributed by atoms with van der Waals surface area (Å²) < 4.78 is 0. The summed E-state index contributed by atoms with van der Waals surface area (Å²) >= 11 is 0. The molecular formula is C24H27N3O3. The zero-order valence-corrected chi connectivity index (χ0v) is 17.2. The molecule has 4 rings (SSSR count). The smallest absolute Gasteiger partial charge is 0.228 e. The van der Waals surface area contributed by atoms with Crippen LogP contribution in [0.1, 0.15) is 12.0 Å². The first-order valence-electron chi connectivity index (χ1n) is 10.5. The van der Waals surface area contributed by atoms with E-state index in [1.807, 2.05) is 30.3 Å². The first-order chi connectivity index (χ1) is 14.5. The van der Waals surface area contributed by atoms with E-state index in [0.717, 1.165) is 16.7 Å². The second-order valence-corrected chi connectivity index (χ2v) is 8.17. The summed E-state index contributed by atoms with van der Waals surface area (Å²) in [7, 11) is 1.73. The van der Waals surface area contributed by atoms with E-state index in [2.05, 4.69) is 29.6 Å². The molecule has 2 aromatic rings. The Hall–Kier alpha value is -3.15. The summed E-state index contributed by atoms with van der Waals surface area (Å²) in [5.41, 5.74) is 3.31. The Kier molecular flexibility index (Phi) is 5.84. The summed E-state index contributed by atoms with van der Waals surface area (Å²) in [4.78, 5) is 41.0. The van der Waals surface area contributed by atoms with Gasteiger partial charge in [-0.3, -0.25) is 14.4 Å². The molecule has 156 valence electrons. The lowest BCUT2D eigenvalue weighted by atomic mass is 9.91. The normalized spacial score (nSPS) is 22.0. The second-order valence-electron chi connectivity index (χ2n) is 8.17. The Bertz CT molecular complexity index is 944. The van der Waals surface area contributed by atoms with Gasteiger partial charge in [-0.2, -0.15) is 0 Å². The van der Waals surface area contributed by atoms with E-state index in [1.165, 1.54) is 0 Å². The Labute approximate surface area is 176 Å². The number of nitrogens with zero attached hydrogens (tertiary/aromatic N) is 2. The molecule has 2 aliphatic rings. The number of hydrogen-bond acceptors (Lipinski definition) is 3. The van der Waals surface area contributed by atoms with Crippen LogP contribution in [0.15, 0.2) is 54.6 Å². The molecule has 6 nitrogen and oxygen atoms in total. The van der Waals surface area contributed by atoms with Crippen molar-refractivity contribution in [3.63, 3.8) is 0 Å². The number of rotatable bonds is 4. The van der Waals surface area contributed by atoms with Gasteiger partial charge in [0.2, 0.25) is 17.7 Å². The number of carbonyl (C=O) groups is 3. The van der Waals surface area contributed by atoms with E-state index in [0.29, 0.717) is 32.6 Å². The van der Waals surface area contributed by atoms with Gasteiger partial charge in [0.1, 0.15) is 0 Å². The maximum atomic E-state index is 13.0. The average Bonchev–Trinajstić information content (AvgIpc) is 2.99. The van der Waals surface area contributed by atoms with Crippen LogP contribution in [0.2, 0.25) is 0 Å². The highest BCUT2D eigenvalue weighted by molar-refractivity contribution is 5.90. The average molecular weight is 405 g/mol. The van der Waals surface area contributed by atoms with Gasteiger partial charge in [0, 0.05) is 39.6 Å². The molecule has 0 radical (unpaired) electrons. The van der Waals surface area contributed by atoms with Gasteiger partial charge in [-0.1, -0.05) is 54.6 Å². The number of hydrogen-bond donors (Lipinski definition) is 1. The van der Waals surface area contributed by atoms with Crippen molar-refractivity contribution in [1.82, 2.24) is 15.1 Å². The zero-order valence-electron chi connectivity index (χ0n) is 17.2. The minimum absolute atomic E-state index is 0.00529. The predicted molar refractivity (Wildman–Crippen MR) is 114 cm³/mol. The van der Waals surface area contributed by atoms with Crippen LogP contribution in [0, 0.1) is 11.8 Å². The summed E-state index contributed by atoms with van der Waals surface area (Å²) in [5.74, 6) is -0.673. The van der Waals surface area contributed by atoms with Crippen molar-refractivity contribution in [3.05, 3.63) is 60.2 Å². The molecule has 2 aliphatic heterocycles. The van der Waals surface area contributed by atoms with Crippen molar-refractivity contribution >= 4 is 17.7 Å². The van der Waals surface area contributed by atoms with Crippen LogP contribution in [-0.2, 0) is 20.8 Å². The zero-order chi connectivity index (χ0) is 21.1. The number of nitrogens with one attached hydrogen (secondary N) is 1. The Morgan fingerprint density at radius 2 is 1.77 bits per heavy atom. The minimum Gasteiger partial charge on any atom is -0.354 e. The van der Waals surface area contributed by atoms with Crippen molar-refractivity contribution in [2.75, 3.05) is 33.2 Å². The van der Waals surface area contributed by atoms with Crippen molar-refractivity contribution in [3.8, 4) is 11.1 Å². The molecule has 0 aliphatic carbocycles.